The largest absolute Gasteiger partial charge is 0.497 e. The predicted octanol–water partition coefficient (Wildman–Crippen LogP) is 3.26. The molecule has 128 valence electrons. The molecule has 2 N–H and O–H groups in total. The molecule has 0 saturated carbocycles. The van der Waals surface area contributed by atoms with Crippen molar-refractivity contribution in [3.05, 3.63) is 59.9 Å². The van der Waals surface area contributed by atoms with Crippen LogP contribution in [0.3, 0.4) is 0 Å². The Morgan fingerprint density at radius 1 is 1.21 bits per heavy atom. The van der Waals surface area contributed by atoms with Crippen molar-refractivity contribution in [1.29, 1.82) is 0 Å². The summed E-state index contributed by atoms with van der Waals surface area (Å²) in [6.07, 6.45) is 0. The highest BCUT2D eigenvalue weighted by molar-refractivity contribution is 5.89. The highest BCUT2D eigenvalue weighted by Gasteiger charge is 2.16. The normalized spacial score (nSPS) is 11.9. The molecule has 0 radical (unpaired) electrons. The van der Waals surface area contributed by atoms with E-state index in [1.54, 1.807) is 7.11 Å². The van der Waals surface area contributed by atoms with E-state index < -0.39 is 0 Å². The number of hydrogen-bond donors (Lipinski definition) is 2. The predicted molar refractivity (Wildman–Crippen MR) is 92.8 cm³/mol. The molecule has 0 aromatic heterocycles. The standard InChI is InChI=1S/C18H22FN3O2/c1-22(2)17(13-5-4-6-16(11-13)24-3)12-20-18(23)21-15-9-7-14(19)8-10-15/h4-11,17H,12H2,1-3H3,(H2,20,21,23)/t17-/m1/s1. The van der Waals surface area contributed by atoms with Crippen molar-refractivity contribution in [2.45, 2.75) is 6.04 Å². The SMILES string of the molecule is COc1cccc([C@@H](CNC(=O)Nc2ccc(F)cc2)N(C)C)c1. The number of rotatable bonds is 6. The molecule has 6 heteroatoms. The number of carbonyl (C=O) groups excluding carboxylic acids is 1. The zero-order valence-corrected chi connectivity index (χ0v) is 14.0. The van der Waals surface area contributed by atoms with Gasteiger partial charge in [0.1, 0.15) is 11.6 Å². The van der Waals surface area contributed by atoms with E-state index in [9.17, 15) is 9.18 Å². The molecule has 0 aliphatic rings. The van der Waals surface area contributed by atoms with Gasteiger partial charge in [-0.3, -0.25) is 0 Å². The van der Waals surface area contributed by atoms with Crippen molar-refractivity contribution >= 4 is 11.7 Å². The molecular formula is C18H22FN3O2. The van der Waals surface area contributed by atoms with Crippen molar-refractivity contribution in [2.24, 2.45) is 0 Å². The van der Waals surface area contributed by atoms with Gasteiger partial charge < -0.3 is 20.3 Å². The summed E-state index contributed by atoms with van der Waals surface area (Å²) in [4.78, 5) is 14.0. The van der Waals surface area contributed by atoms with Crippen LogP contribution in [0.25, 0.3) is 0 Å². The van der Waals surface area contributed by atoms with E-state index in [2.05, 4.69) is 10.6 Å². The van der Waals surface area contributed by atoms with Crippen molar-refractivity contribution in [1.82, 2.24) is 10.2 Å². The van der Waals surface area contributed by atoms with Gasteiger partial charge >= 0.3 is 6.03 Å². The van der Waals surface area contributed by atoms with Gasteiger partial charge in [-0.1, -0.05) is 12.1 Å². The summed E-state index contributed by atoms with van der Waals surface area (Å²) in [6.45, 7) is 0.424. The first-order valence-electron chi connectivity index (χ1n) is 7.60. The average molecular weight is 331 g/mol. The van der Waals surface area contributed by atoms with Crippen molar-refractivity contribution in [3.63, 3.8) is 0 Å². The number of hydrogen-bond acceptors (Lipinski definition) is 3. The van der Waals surface area contributed by atoms with Crippen LogP contribution in [0.4, 0.5) is 14.9 Å². The van der Waals surface area contributed by atoms with E-state index in [-0.39, 0.29) is 17.9 Å². The monoisotopic (exact) mass is 331 g/mol. The Bertz CT molecular complexity index is 674. The molecular weight excluding hydrogens is 309 g/mol. The van der Waals surface area contributed by atoms with Crippen LogP contribution in [-0.2, 0) is 0 Å². The molecule has 2 amide bonds. The maximum Gasteiger partial charge on any atom is 0.319 e. The summed E-state index contributed by atoms with van der Waals surface area (Å²) in [6, 6.07) is 13.0. The van der Waals surface area contributed by atoms with Crippen molar-refractivity contribution in [2.75, 3.05) is 33.1 Å². The van der Waals surface area contributed by atoms with E-state index in [1.165, 1.54) is 24.3 Å². The summed E-state index contributed by atoms with van der Waals surface area (Å²) < 4.78 is 18.1. The zero-order valence-electron chi connectivity index (χ0n) is 14.0. The number of amides is 2. The van der Waals surface area contributed by atoms with Crippen LogP contribution in [0, 0.1) is 5.82 Å². The summed E-state index contributed by atoms with van der Waals surface area (Å²) in [5, 5.41) is 5.51. The second-order valence-corrected chi connectivity index (χ2v) is 5.60. The molecule has 0 heterocycles. The third kappa shape index (κ3) is 4.96. The van der Waals surface area contributed by atoms with E-state index in [0.717, 1.165) is 11.3 Å². The highest BCUT2D eigenvalue weighted by atomic mass is 19.1. The average Bonchev–Trinajstić information content (AvgIpc) is 2.57. The molecule has 0 aliphatic heterocycles. The fraction of sp³-hybridized carbons (Fsp3) is 0.278. The smallest absolute Gasteiger partial charge is 0.319 e. The van der Waals surface area contributed by atoms with Gasteiger partial charge in [0, 0.05) is 12.2 Å². The number of benzene rings is 2. The van der Waals surface area contributed by atoms with Crippen molar-refractivity contribution in [3.8, 4) is 5.75 Å². The number of ether oxygens (including phenoxy) is 1. The number of nitrogens with one attached hydrogen (secondary N) is 2. The first-order chi connectivity index (χ1) is 11.5. The molecule has 1 atom stereocenters. The van der Waals surface area contributed by atoms with Gasteiger partial charge in [0.05, 0.1) is 13.2 Å². The van der Waals surface area contributed by atoms with Crippen LogP contribution in [0.15, 0.2) is 48.5 Å². The van der Waals surface area contributed by atoms with E-state index in [0.29, 0.717) is 12.2 Å². The lowest BCUT2D eigenvalue weighted by molar-refractivity contribution is 0.243. The molecule has 5 nitrogen and oxygen atoms in total. The molecule has 24 heavy (non-hydrogen) atoms. The third-order valence-electron chi connectivity index (χ3n) is 3.66. The Kier molecular flexibility index (Phi) is 6.14. The minimum Gasteiger partial charge on any atom is -0.497 e. The number of halogens is 1. The van der Waals surface area contributed by atoms with Gasteiger partial charge in [-0.25, -0.2) is 9.18 Å². The number of likely N-dealkylation sites (N-methyl/N-ethyl adjacent to an activating group) is 1. The van der Waals surface area contributed by atoms with Gasteiger partial charge in [-0.05, 0) is 56.1 Å². The van der Waals surface area contributed by atoms with Crippen molar-refractivity contribution < 1.29 is 13.9 Å². The van der Waals surface area contributed by atoms with Gasteiger partial charge in [0.25, 0.3) is 0 Å². The van der Waals surface area contributed by atoms with E-state index in [1.807, 2.05) is 43.3 Å². The second-order valence-electron chi connectivity index (χ2n) is 5.60. The lowest BCUT2D eigenvalue weighted by Gasteiger charge is -2.25. The van der Waals surface area contributed by atoms with Crippen LogP contribution in [0.5, 0.6) is 5.75 Å². The Morgan fingerprint density at radius 3 is 2.54 bits per heavy atom. The van der Waals surface area contributed by atoms with Gasteiger partial charge in [0.2, 0.25) is 0 Å². The van der Waals surface area contributed by atoms with E-state index in [4.69, 9.17) is 4.74 Å². The fourth-order valence-electron chi connectivity index (χ4n) is 2.35. The number of carbonyl (C=O) groups is 1. The Labute approximate surface area is 141 Å². The number of methoxy groups -OCH3 is 1. The highest BCUT2D eigenvalue weighted by Crippen LogP contribution is 2.22. The first kappa shape index (κ1) is 17.7. The van der Waals surface area contributed by atoms with Gasteiger partial charge in [-0.15, -0.1) is 0 Å². The molecule has 0 spiro atoms. The lowest BCUT2D eigenvalue weighted by atomic mass is 10.1. The van der Waals surface area contributed by atoms with Crippen LogP contribution in [0.1, 0.15) is 11.6 Å². The molecule has 0 aliphatic carbocycles. The second kappa shape index (κ2) is 8.31. The minimum absolute atomic E-state index is 0.000863. The summed E-state index contributed by atoms with van der Waals surface area (Å²) in [5.74, 6) is 0.432. The maximum atomic E-state index is 12.9. The Morgan fingerprint density at radius 2 is 1.92 bits per heavy atom. The molecule has 0 bridgehead atoms. The number of urea groups is 1. The number of nitrogens with zero attached hydrogens (tertiary/aromatic N) is 1. The van der Waals surface area contributed by atoms with Crippen LogP contribution in [0.2, 0.25) is 0 Å². The van der Waals surface area contributed by atoms with E-state index >= 15 is 0 Å². The fourth-order valence-corrected chi connectivity index (χ4v) is 2.35. The molecule has 2 aromatic rings. The van der Waals surface area contributed by atoms with Gasteiger partial charge in [0.15, 0.2) is 0 Å². The zero-order chi connectivity index (χ0) is 17.5. The Hall–Kier alpha value is -2.60. The minimum atomic E-state index is -0.341. The summed E-state index contributed by atoms with van der Waals surface area (Å²) >= 11 is 0. The van der Waals surface area contributed by atoms with Crippen LogP contribution < -0.4 is 15.4 Å². The molecule has 2 rings (SSSR count). The number of anilines is 1. The molecule has 2 aromatic carbocycles. The molecule has 0 saturated heterocycles. The third-order valence-corrected chi connectivity index (χ3v) is 3.66. The van der Waals surface area contributed by atoms with Gasteiger partial charge in [-0.2, -0.15) is 0 Å². The maximum absolute atomic E-state index is 12.9. The van der Waals surface area contributed by atoms with Crippen LogP contribution >= 0.6 is 0 Å². The summed E-state index contributed by atoms with van der Waals surface area (Å²) in [5.41, 5.74) is 1.58. The molecule has 0 fully saturated rings. The molecule has 0 unspecified atom stereocenters. The lowest BCUT2D eigenvalue weighted by Crippen LogP contribution is -2.36. The quantitative estimate of drug-likeness (QED) is 0.854. The first-order valence-corrected chi connectivity index (χ1v) is 7.60. The topological polar surface area (TPSA) is 53.6 Å². The Balaban J connectivity index is 1.98. The van der Waals surface area contributed by atoms with Crippen LogP contribution in [-0.4, -0.2) is 38.7 Å². The summed E-state index contributed by atoms with van der Waals surface area (Å²) in [7, 11) is 5.52.